The predicted octanol–water partition coefficient (Wildman–Crippen LogP) is 4.05. The molecule has 2 saturated heterocycles. The van der Waals surface area contributed by atoms with Crippen molar-refractivity contribution in [3.63, 3.8) is 0 Å². The summed E-state index contributed by atoms with van der Waals surface area (Å²) in [5, 5.41) is 17.3. The molecule has 48 heavy (non-hydrogen) atoms. The fraction of sp³-hybridized carbons (Fsp3) is 0.424. The molecule has 6 rings (SSSR count). The molecule has 252 valence electrons. The van der Waals surface area contributed by atoms with Crippen LogP contribution in [0.5, 0.6) is 0 Å². The number of anilines is 1. The van der Waals surface area contributed by atoms with E-state index in [-0.39, 0.29) is 49.2 Å². The number of carbonyl (C=O) groups is 3. The first kappa shape index (κ1) is 33.1. The maximum atomic E-state index is 14.4. The van der Waals surface area contributed by atoms with Crippen LogP contribution in [0.25, 0.3) is 0 Å². The maximum Gasteiger partial charge on any atom is 0.416 e. The topological polar surface area (TPSA) is 130 Å². The molecule has 0 saturated carbocycles. The minimum absolute atomic E-state index is 0.0122. The zero-order chi connectivity index (χ0) is 34.2. The summed E-state index contributed by atoms with van der Waals surface area (Å²) in [5.74, 6) is -3.49. The second kappa shape index (κ2) is 13.4. The largest absolute Gasteiger partial charge is 0.416 e. The van der Waals surface area contributed by atoms with Gasteiger partial charge in [0.1, 0.15) is 23.7 Å². The number of alkyl halides is 3. The number of nitrogens with zero attached hydrogens (tertiary/aromatic N) is 5. The first-order valence-electron chi connectivity index (χ1n) is 15.6. The Morgan fingerprint density at radius 1 is 1.08 bits per heavy atom. The van der Waals surface area contributed by atoms with Crippen LogP contribution >= 0.6 is 0 Å². The average molecular weight is 669 g/mol. The normalized spacial score (nSPS) is 21.8. The molecule has 3 aliphatic rings. The quantitative estimate of drug-likeness (QED) is 0.393. The number of amides is 3. The van der Waals surface area contributed by atoms with E-state index in [1.165, 1.54) is 40.1 Å². The van der Waals surface area contributed by atoms with Crippen molar-refractivity contribution in [1.82, 2.24) is 20.0 Å². The highest BCUT2D eigenvalue weighted by molar-refractivity contribution is 6.07. The van der Waals surface area contributed by atoms with E-state index in [4.69, 9.17) is 14.6 Å². The summed E-state index contributed by atoms with van der Waals surface area (Å²) in [6.07, 6.45) is -3.65. The van der Waals surface area contributed by atoms with Crippen LogP contribution in [0.1, 0.15) is 69.3 Å². The number of rotatable bonds is 6. The molecule has 3 aliphatic heterocycles. The molecular weight excluding hydrogens is 636 g/mol. The number of hydrogen-bond donors (Lipinski definition) is 1. The smallest absolute Gasteiger partial charge is 0.381 e. The monoisotopic (exact) mass is 668 g/mol. The van der Waals surface area contributed by atoms with E-state index in [1.54, 1.807) is 11.6 Å². The number of ether oxygens (including phenoxy) is 2. The summed E-state index contributed by atoms with van der Waals surface area (Å²) in [6, 6.07) is 8.50. The van der Waals surface area contributed by atoms with Crippen LogP contribution in [0.4, 0.5) is 23.4 Å². The van der Waals surface area contributed by atoms with Gasteiger partial charge in [0.25, 0.3) is 17.7 Å². The van der Waals surface area contributed by atoms with Crippen molar-refractivity contribution in [3.8, 4) is 6.07 Å². The number of aromatic nitrogens is 2. The third-order valence-electron chi connectivity index (χ3n) is 8.91. The molecule has 1 aromatic heterocycles. The van der Waals surface area contributed by atoms with Crippen LogP contribution in [0, 0.1) is 17.1 Å². The molecule has 3 amide bonds. The van der Waals surface area contributed by atoms with Gasteiger partial charge in [-0.05, 0) is 55.7 Å². The van der Waals surface area contributed by atoms with Gasteiger partial charge in [0.15, 0.2) is 5.69 Å². The molecule has 0 spiro atoms. The molecule has 0 bridgehead atoms. The van der Waals surface area contributed by atoms with Crippen molar-refractivity contribution in [2.75, 3.05) is 44.4 Å². The van der Waals surface area contributed by atoms with Gasteiger partial charge in [-0.15, -0.1) is 0 Å². The molecule has 3 atom stereocenters. The van der Waals surface area contributed by atoms with Gasteiger partial charge in [-0.2, -0.15) is 23.5 Å². The summed E-state index contributed by atoms with van der Waals surface area (Å²) < 4.78 is 67.4. The zero-order valence-corrected chi connectivity index (χ0v) is 25.9. The Labute approximate surface area is 273 Å². The fourth-order valence-electron chi connectivity index (χ4n) is 6.55. The highest BCUT2D eigenvalue weighted by Crippen LogP contribution is 2.45. The number of fused-ring (bicyclic) bond motifs is 1. The van der Waals surface area contributed by atoms with Gasteiger partial charge >= 0.3 is 6.18 Å². The minimum atomic E-state index is -4.71. The van der Waals surface area contributed by atoms with E-state index in [0.717, 1.165) is 12.1 Å². The van der Waals surface area contributed by atoms with Crippen LogP contribution in [-0.2, 0) is 20.4 Å². The molecule has 0 aliphatic carbocycles. The Balaban J connectivity index is 1.54. The second-order valence-electron chi connectivity index (χ2n) is 11.7. The summed E-state index contributed by atoms with van der Waals surface area (Å²) in [6.45, 7) is 2.91. The molecular formula is C33H32F4N6O5. The van der Waals surface area contributed by atoms with Gasteiger partial charge in [0.05, 0.1) is 30.9 Å². The summed E-state index contributed by atoms with van der Waals surface area (Å²) in [5.41, 5.74) is -0.797. The van der Waals surface area contributed by atoms with E-state index in [1.807, 2.05) is 0 Å². The van der Waals surface area contributed by atoms with Gasteiger partial charge in [-0.3, -0.25) is 19.3 Å². The number of hydrogen-bond acceptors (Lipinski definition) is 7. The van der Waals surface area contributed by atoms with Crippen LogP contribution in [0.15, 0.2) is 48.5 Å². The third-order valence-corrected chi connectivity index (χ3v) is 8.91. The van der Waals surface area contributed by atoms with Gasteiger partial charge in [0.2, 0.25) is 0 Å². The van der Waals surface area contributed by atoms with Gasteiger partial charge in [-0.1, -0.05) is 18.2 Å². The van der Waals surface area contributed by atoms with Crippen molar-refractivity contribution in [2.45, 2.75) is 50.0 Å². The SMILES string of the molecule is CCN1C(=O)[C@@H](NC(=O)c2cccc(C(F)(F)F)c2)[C@@H](c2ccc(F)cc2)c2c(C(=O)N3CCOC[C@@H]3C#N)nn(C3CCOCC3)c21. The molecule has 15 heteroatoms. The number of likely N-dealkylation sites (N-methyl/N-ethyl adjacent to an activating group) is 1. The Bertz CT molecular complexity index is 1750. The van der Waals surface area contributed by atoms with Gasteiger partial charge in [0, 0.05) is 43.3 Å². The van der Waals surface area contributed by atoms with Crippen molar-refractivity contribution in [1.29, 1.82) is 5.26 Å². The average Bonchev–Trinajstić information content (AvgIpc) is 3.48. The zero-order valence-electron chi connectivity index (χ0n) is 25.9. The van der Waals surface area contributed by atoms with Crippen molar-refractivity contribution >= 4 is 23.5 Å². The molecule has 1 N–H and O–H groups in total. The van der Waals surface area contributed by atoms with Crippen LogP contribution in [-0.4, -0.2) is 84.0 Å². The molecule has 0 radical (unpaired) electrons. The molecule has 2 aromatic carbocycles. The van der Waals surface area contributed by atoms with Crippen LogP contribution < -0.4 is 10.2 Å². The maximum absolute atomic E-state index is 14.4. The molecule has 2 fully saturated rings. The lowest BCUT2D eigenvalue weighted by Crippen LogP contribution is -2.56. The Morgan fingerprint density at radius 3 is 2.48 bits per heavy atom. The number of benzene rings is 2. The molecule has 3 aromatic rings. The third kappa shape index (κ3) is 6.13. The standard InChI is InChI=1S/C33H32F4N6O5/c1-2-41-30-26(28(40-43(30)23-10-13-47-14-11-23)32(46)42-12-15-48-18-24(42)17-38)25(19-6-8-22(34)9-7-19)27(31(41)45)39-29(44)20-4-3-5-21(16-20)33(35,36)37/h3-9,16,23-25,27H,2,10-15,18H2,1H3,(H,39,44)/t24-,25-,27-/m0/s1. The van der Waals surface area contributed by atoms with E-state index in [9.17, 15) is 37.2 Å². The van der Waals surface area contributed by atoms with Crippen LogP contribution in [0.2, 0.25) is 0 Å². The summed E-state index contributed by atoms with van der Waals surface area (Å²) >= 11 is 0. The Morgan fingerprint density at radius 2 is 1.81 bits per heavy atom. The van der Waals surface area contributed by atoms with Crippen LogP contribution in [0.3, 0.4) is 0 Å². The lowest BCUT2D eigenvalue weighted by Gasteiger charge is -2.39. The van der Waals surface area contributed by atoms with E-state index < -0.39 is 53.3 Å². The van der Waals surface area contributed by atoms with E-state index in [0.29, 0.717) is 43.5 Å². The number of nitrogens with one attached hydrogen (secondary N) is 1. The first-order chi connectivity index (χ1) is 23.0. The van der Waals surface area contributed by atoms with Crippen molar-refractivity contribution in [2.24, 2.45) is 0 Å². The Kier molecular flexibility index (Phi) is 9.22. The number of morpholine rings is 1. The molecule has 4 heterocycles. The first-order valence-corrected chi connectivity index (χ1v) is 15.6. The van der Waals surface area contributed by atoms with Crippen molar-refractivity contribution < 1.29 is 41.4 Å². The number of carbonyl (C=O) groups excluding carboxylic acids is 3. The lowest BCUT2D eigenvalue weighted by atomic mass is 9.80. The van der Waals surface area contributed by atoms with Gasteiger partial charge in [-0.25, -0.2) is 9.07 Å². The Hall–Kier alpha value is -4.81. The highest BCUT2D eigenvalue weighted by atomic mass is 19.4. The summed E-state index contributed by atoms with van der Waals surface area (Å²) in [4.78, 5) is 45.2. The van der Waals surface area contributed by atoms with E-state index >= 15 is 0 Å². The number of halogens is 4. The molecule has 11 nitrogen and oxygen atoms in total. The summed E-state index contributed by atoms with van der Waals surface area (Å²) in [7, 11) is 0. The minimum Gasteiger partial charge on any atom is -0.381 e. The second-order valence-corrected chi connectivity index (χ2v) is 11.7. The number of nitriles is 1. The highest BCUT2D eigenvalue weighted by Gasteiger charge is 2.49. The van der Waals surface area contributed by atoms with Gasteiger partial charge < -0.3 is 19.7 Å². The predicted molar refractivity (Wildman–Crippen MR) is 162 cm³/mol. The fourth-order valence-corrected chi connectivity index (χ4v) is 6.55. The van der Waals surface area contributed by atoms with Crippen molar-refractivity contribution in [3.05, 3.63) is 82.3 Å². The molecule has 0 unspecified atom stereocenters. The lowest BCUT2D eigenvalue weighted by molar-refractivity contribution is -0.137. The van der Waals surface area contributed by atoms with E-state index in [2.05, 4.69) is 11.4 Å².